The molecule has 0 aliphatic heterocycles. The zero-order valence-electron chi connectivity index (χ0n) is 16.8. The Kier molecular flexibility index (Phi) is 5.09. The zero-order chi connectivity index (χ0) is 20.4. The number of ether oxygens (including phenoxy) is 2. The molecular weight excluding hydrogens is 362 g/mol. The highest BCUT2D eigenvalue weighted by Gasteiger charge is 2.19. The Labute approximate surface area is 170 Å². The van der Waals surface area contributed by atoms with Crippen LogP contribution < -0.4 is 9.47 Å². The van der Waals surface area contributed by atoms with Gasteiger partial charge in [0.1, 0.15) is 11.5 Å². The number of aromatic nitrogens is 1. The molecule has 4 nitrogen and oxygen atoms in total. The first-order chi connectivity index (χ1) is 14.1. The molecule has 0 unspecified atom stereocenters. The highest BCUT2D eigenvalue weighted by Crippen LogP contribution is 2.33. The van der Waals surface area contributed by atoms with Gasteiger partial charge in [-0.05, 0) is 66.6 Å². The second-order valence-electron chi connectivity index (χ2n) is 7.00. The van der Waals surface area contributed by atoms with Crippen LogP contribution in [-0.2, 0) is 0 Å². The maximum absolute atomic E-state index is 11.8. The molecule has 4 heteroatoms. The summed E-state index contributed by atoms with van der Waals surface area (Å²) in [5.74, 6) is 1.72. The van der Waals surface area contributed by atoms with E-state index in [9.17, 15) is 4.79 Å². The quantitative estimate of drug-likeness (QED) is 0.412. The van der Waals surface area contributed by atoms with E-state index in [4.69, 9.17) is 9.47 Å². The summed E-state index contributed by atoms with van der Waals surface area (Å²) >= 11 is 0. The predicted octanol–water partition coefficient (Wildman–Crippen LogP) is 5.50. The molecule has 4 rings (SSSR count). The second kappa shape index (κ2) is 7.84. The number of Topliss-reactive ketones (excluding diaryl/α,β-unsaturated/α-hetero) is 1. The first-order valence-corrected chi connectivity index (χ1v) is 9.50. The number of carbonyl (C=O) groups is 1. The summed E-state index contributed by atoms with van der Waals surface area (Å²) in [5, 5.41) is 1.05. The molecule has 0 N–H and O–H groups in total. The Hall–Kier alpha value is -3.53. The smallest absolute Gasteiger partial charge is 0.159 e. The molecule has 29 heavy (non-hydrogen) atoms. The molecule has 0 radical (unpaired) electrons. The zero-order valence-corrected chi connectivity index (χ0v) is 16.8. The average Bonchev–Trinajstić information content (AvgIpc) is 3.18. The number of nitrogens with zero attached hydrogens (tertiary/aromatic N) is 1. The number of carbonyl (C=O) groups excluding carboxylic acids is 1. The molecule has 0 aliphatic carbocycles. The summed E-state index contributed by atoms with van der Waals surface area (Å²) in [6, 6.07) is 24.2. The lowest BCUT2D eigenvalue weighted by Crippen LogP contribution is -2.11. The van der Waals surface area contributed by atoms with Gasteiger partial charge in [-0.15, -0.1) is 0 Å². The molecular formula is C25H23NO3. The maximum Gasteiger partial charge on any atom is 0.159 e. The van der Waals surface area contributed by atoms with Gasteiger partial charge < -0.3 is 14.0 Å². The fraction of sp³-hybridized carbons (Fsp3) is 0.160. The summed E-state index contributed by atoms with van der Waals surface area (Å²) in [4.78, 5) is 11.8. The van der Waals surface area contributed by atoms with Crippen molar-refractivity contribution in [1.82, 2.24) is 4.57 Å². The highest BCUT2D eigenvalue weighted by atomic mass is 16.5. The maximum atomic E-state index is 11.8. The molecule has 0 fully saturated rings. The van der Waals surface area contributed by atoms with Crippen molar-refractivity contribution in [2.45, 2.75) is 13.0 Å². The Bertz CT molecular complexity index is 1090. The SMILES string of the molecule is COc1ccc(C(c2ccc(OC)cc2)n2ccc3cc(C(C)=O)ccc32)cc1. The summed E-state index contributed by atoms with van der Waals surface area (Å²) in [6.07, 6.45) is 2.08. The molecule has 4 aromatic rings. The Morgan fingerprint density at radius 3 is 1.83 bits per heavy atom. The summed E-state index contributed by atoms with van der Waals surface area (Å²) < 4.78 is 12.9. The normalized spacial score (nSPS) is 11.0. The molecule has 0 bridgehead atoms. The van der Waals surface area contributed by atoms with Crippen molar-refractivity contribution >= 4 is 16.7 Å². The van der Waals surface area contributed by atoms with Gasteiger partial charge in [0, 0.05) is 22.7 Å². The van der Waals surface area contributed by atoms with Crippen LogP contribution in [0, 0.1) is 0 Å². The van der Waals surface area contributed by atoms with Gasteiger partial charge >= 0.3 is 0 Å². The van der Waals surface area contributed by atoms with E-state index in [1.807, 2.05) is 42.5 Å². The lowest BCUT2D eigenvalue weighted by atomic mass is 9.98. The lowest BCUT2D eigenvalue weighted by Gasteiger charge is -2.22. The van der Waals surface area contributed by atoms with Gasteiger partial charge in [0.25, 0.3) is 0 Å². The van der Waals surface area contributed by atoms with Crippen LogP contribution in [0.2, 0.25) is 0 Å². The number of benzene rings is 3. The van der Waals surface area contributed by atoms with Crippen LogP contribution >= 0.6 is 0 Å². The summed E-state index contributed by atoms with van der Waals surface area (Å²) in [7, 11) is 3.34. The van der Waals surface area contributed by atoms with E-state index in [-0.39, 0.29) is 11.8 Å². The molecule has 0 saturated heterocycles. The van der Waals surface area contributed by atoms with Gasteiger partial charge in [-0.1, -0.05) is 24.3 Å². The Balaban J connectivity index is 1.87. The first kappa shape index (κ1) is 18.8. The molecule has 0 saturated carbocycles. The van der Waals surface area contributed by atoms with Gasteiger partial charge in [0.2, 0.25) is 0 Å². The van der Waals surface area contributed by atoms with Crippen molar-refractivity contribution in [2.75, 3.05) is 14.2 Å². The second-order valence-corrected chi connectivity index (χ2v) is 7.00. The van der Waals surface area contributed by atoms with Crippen molar-refractivity contribution in [3.63, 3.8) is 0 Å². The third kappa shape index (κ3) is 3.61. The fourth-order valence-electron chi connectivity index (χ4n) is 3.69. The van der Waals surface area contributed by atoms with Crippen molar-refractivity contribution in [2.24, 2.45) is 0 Å². The molecule has 1 aromatic heterocycles. The average molecular weight is 385 g/mol. The van der Waals surface area contributed by atoms with Gasteiger partial charge in [0.05, 0.1) is 20.3 Å². The number of hydrogen-bond acceptors (Lipinski definition) is 3. The Morgan fingerprint density at radius 1 is 0.793 bits per heavy atom. The summed E-state index contributed by atoms with van der Waals surface area (Å²) in [5.41, 5.74) is 4.08. The molecule has 0 aliphatic rings. The van der Waals surface area contributed by atoms with Crippen LogP contribution in [0.4, 0.5) is 0 Å². The number of rotatable bonds is 6. The van der Waals surface area contributed by atoms with E-state index >= 15 is 0 Å². The van der Waals surface area contributed by atoms with Crippen molar-refractivity contribution in [1.29, 1.82) is 0 Å². The monoisotopic (exact) mass is 385 g/mol. The molecule has 1 heterocycles. The standard InChI is InChI=1S/C25H23NO3/c1-17(27)20-8-13-24-21(16-20)14-15-26(24)25(18-4-9-22(28-2)10-5-18)19-6-11-23(29-3)12-7-19/h4-16,25H,1-3H3. The van der Waals surface area contributed by atoms with E-state index in [0.29, 0.717) is 0 Å². The van der Waals surface area contributed by atoms with Crippen LogP contribution in [-0.4, -0.2) is 24.6 Å². The van der Waals surface area contributed by atoms with E-state index in [2.05, 4.69) is 41.1 Å². The molecule has 0 amide bonds. The third-order valence-electron chi connectivity index (χ3n) is 5.27. The minimum absolute atomic E-state index is 0.0208. The van der Waals surface area contributed by atoms with Crippen LogP contribution in [0.5, 0.6) is 11.5 Å². The van der Waals surface area contributed by atoms with E-state index in [1.54, 1.807) is 21.1 Å². The Morgan fingerprint density at radius 2 is 1.34 bits per heavy atom. The highest BCUT2D eigenvalue weighted by molar-refractivity contribution is 5.98. The van der Waals surface area contributed by atoms with E-state index in [1.165, 1.54) is 0 Å². The topological polar surface area (TPSA) is 40.5 Å². The molecule has 3 aromatic carbocycles. The number of methoxy groups -OCH3 is 2. The van der Waals surface area contributed by atoms with Crippen LogP contribution in [0.1, 0.15) is 34.5 Å². The van der Waals surface area contributed by atoms with Gasteiger partial charge in [0.15, 0.2) is 5.78 Å². The largest absolute Gasteiger partial charge is 0.497 e. The van der Waals surface area contributed by atoms with Crippen LogP contribution in [0.25, 0.3) is 10.9 Å². The van der Waals surface area contributed by atoms with Gasteiger partial charge in [-0.3, -0.25) is 4.79 Å². The number of ketones is 1. The number of fused-ring (bicyclic) bond motifs is 1. The minimum atomic E-state index is -0.0208. The van der Waals surface area contributed by atoms with E-state index in [0.717, 1.165) is 39.1 Å². The van der Waals surface area contributed by atoms with E-state index < -0.39 is 0 Å². The molecule has 146 valence electrons. The predicted molar refractivity (Wildman–Crippen MR) is 115 cm³/mol. The van der Waals surface area contributed by atoms with Crippen molar-refractivity contribution in [3.05, 3.63) is 95.7 Å². The first-order valence-electron chi connectivity index (χ1n) is 9.50. The van der Waals surface area contributed by atoms with Crippen LogP contribution in [0.3, 0.4) is 0 Å². The van der Waals surface area contributed by atoms with Gasteiger partial charge in [-0.25, -0.2) is 0 Å². The van der Waals surface area contributed by atoms with Gasteiger partial charge in [-0.2, -0.15) is 0 Å². The lowest BCUT2D eigenvalue weighted by molar-refractivity contribution is 0.101. The third-order valence-corrected chi connectivity index (χ3v) is 5.27. The van der Waals surface area contributed by atoms with Crippen molar-refractivity contribution < 1.29 is 14.3 Å². The minimum Gasteiger partial charge on any atom is -0.497 e. The summed E-state index contributed by atoms with van der Waals surface area (Å²) in [6.45, 7) is 1.59. The molecule has 0 spiro atoms. The van der Waals surface area contributed by atoms with Crippen LogP contribution in [0.15, 0.2) is 79.0 Å². The number of hydrogen-bond donors (Lipinski definition) is 0. The molecule has 0 atom stereocenters. The fourth-order valence-corrected chi connectivity index (χ4v) is 3.69. The van der Waals surface area contributed by atoms with Crippen molar-refractivity contribution in [3.8, 4) is 11.5 Å².